The first-order chi connectivity index (χ1) is 22.2. The Morgan fingerprint density at radius 3 is 2.30 bits per heavy atom. The van der Waals surface area contributed by atoms with E-state index in [1.807, 2.05) is 40.1 Å². The number of para-hydroxylation sites is 1. The number of aryl methyl sites for hydroxylation is 2. The van der Waals surface area contributed by atoms with Gasteiger partial charge in [-0.25, -0.2) is 9.59 Å². The van der Waals surface area contributed by atoms with Crippen molar-refractivity contribution in [3.05, 3.63) is 64.7 Å². The number of hydroxylamine groups is 2. The molecule has 11 heteroatoms. The molecule has 0 aliphatic carbocycles. The summed E-state index contributed by atoms with van der Waals surface area (Å²) in [5, 5.41) is 7.58. The Morgan fingerprint density at radius 1 is 0.891 bits per heavy atom. The zero-order chi connectivity index (χ0) is 32.2. The highest BCUT2D eigenvalue weighted by molar-refractivity contribution is 5.92. The number of nitrogens with zero attached hydrogens (tertiary/aromatic N) is 5. The van der Waals surface area contributed by atoms with E-state index in [9.17, 15) is 14.4 Å². The number of anilines is 1. The van der Waals surface area contributed by atoms with Crippen LogP contribution in [-0.2, 0) is 22.6 Å². The summed E-state index contributed by atoms with van der Waals surface area (Å²) in [6.07, 6.45) is 3.51. The van der Waals surface area contributed by atoms with E-state index in [0.29, 0.717) is 58.0 Å². The van der Waals surface area contributed by atoms with Gasteiger partial charge in [-0.3, -0.25) is 9.69 Å². The summed E-state index contributed by atoms with van der Waals surface area (Å²) < 4.78 is 0. The highest BCUT2D eigenvalue weighted by Crippen LogP contribution is 2.28. The first kappa shape index (κ1) is 32.3. The Morgan fingerprint density at radius 2 is 1.59 bits per heavy atom. The lowest BCUT2D eigenvalue weighted by molar-refractivity contribution is -0.138. The molecule has 6 rings (SSSR count). The number of piperazine rings is 1. The van der Waals surface area contributed by atoms with Crippen LogP contribution in [-0.4, -0.2) is 120 Å². The van der Waals surface area contributed by atoms with Gasteiger partial charge in [-0.1, -0.05) is 36.4 Å². The fourth-order valence-electron chi connectivity index (χ4n) is 7.30. The number of rotatable bonds is 7. The number of urea groups is 1. The molecule has 248 valence electrons. The van der Waals surface area contributed by atoms with Gasteiger partial charge in [0.15, 0.2) is 0 Å². The van der Waals surface area contributed by atoms with Crippen LogP contribution in [0.5, 0.6) is 0 Å². The van der Waals surface area contributed by atoms with E-state index >= 15 is 0 Å². The number of benzene rings is 2. The molecule has 3 fully saturated rings. The van der Waals surface area contributed by atoms with E-state index in [2.05, 4.69) is 53.5 Å². The summed E-state index contributed by atoms with van der Waals surface area (Å²) >= 11 is 0. The maximum absolute atomic E-state index is 13.9. The van der Waals surface area contributed by atoms with E-state index in [0.717, 1.165) is 48.6 Å². The third-order valence-electron chi connectivity index (χ3n) is 10.4. The van der Waals surface area contributed by atoms with Crippen molar-refractivity contribution in [2.75, 3.05) is 64.7 Å². The molecule has 0 radical (unpaired) electrons. The standard InChI is InChI=1S/C35H49N7O4/c1-25-8-9-27(22-26(25)2)23-32(33(43)40-20-18-39(19-21-40)29-10-14-38(3)15-11-29)37-35(45)46-41-16-12-30(13-17-41)42-24-28-6-4-5-7-31(28)36-34(42)44/h4-9,22,29-30,32H,10-21,23-24H2,1-3H3,(H,36,44)(H,37,45). The van der Waals surface area contributed by atoms with Gasteiger partial charge < -0.3 is 30.2 Å². The number of likely N-dealkylation sites (tertiary alicyclic amines) is 1. The average molecular weight is 632 g/mol. The molecule has 2 aromatic carbocycles. The number of hydrogen-bond donors (Lipinski definition) is 2. The van der Waals surface area contributed by atoms with Crippen molar-refractivity contribution in [1.29, 1.82) is 0 Å². The number of carbonyl (C=O) groups excluding carboxylic acids is 3. The predicted octanol–water partition coefficient (Wildman–Crippen LogP) is 3.61. The molecule has 1 unspecified atom stereocenters. The third-order valence-corrected chi connectivity index (χ3v) is 10.4. The van der Waals surface area contributed by atoms with Crippen molar-refractivity contribution in [3.63, 3.8) is 0 Å². The normalized spacial score (nSPS) is 21.4. The van der Waals surface area contributed by atoms with Crippen LogP contribution in [0.3, 0.4) is 0 Å². The van der Waals surface area contributed by atoms with E-state index in [-0.39, 0.29) is 18.0 Å². The number of fused-ring (bicyclic) bond motifs is 1. The van der Waals surface area contributed by atoms with Crippen molar-refractivity contribution in [3.8, 4) is 0 Å². The zero-order valence-corrected chi connectivity index (χ0v) is 27.5. The van der Waals surface area contributed by atoms with Crippen LogP contribution < -0.4 is 10.6 Å². The van der Waals surface area contributed by atoms with Crippen molar-refractivity contribution >= 4 is 23.7 Å². The molecule has 0 saturated carbocycles. The summed E-state index contributed by atoms with van der Waals surface area (Å²) in [6, 6.07) is 13.9. The van der Waals surface area contributed by atoms with Crippen LogP contribution in [0.4, 0.5) is 15.3 Å². The van der Waals surface area contributed by atoms with Crippen molar-refractivity contribution < 1.29 is 19.2 Å². The molecule has 2 N–H and O–H groups in total. The zero-order valence-electron chi connectivity index (χ0n) is 27.5. The number of hydrogen-bond acceptors (Lipinski definition) is 7. The Balaban J connectivity index is 1.04. The van der Waals surface area contributed by atoms with Crippen LogP contribution in [0, 0.1) is 13.8 Å². The van der Waals surface area contributed by atoms with Crippen LogP contribution in [0.15, 0.2) is 42.5 Å². The minimum atomic E-state index is -0.723. The van der Waals surface area contributed by atoms with Gasteiger partial charge in [0.1, 0.15) is 6.04 Å². The fourth-order valence-corrected chi connectivity index (χ4v) is 7.30. The van der Waals surface area contributed by atoms with Gasteiger partial charge in [0.25, 0.3) is 0 Å². The van der Waals surface area contributed by atoms with E-state index in [4.69, 9.17) is 4.84 Å². The quantitative estimate of drug-likeness (QED) is 0.482. The van der Waals surface area contributed by atoms with Gasteiger partial charge in [0.05, 0.1) is 0 Å². The number of piperidine rings is 2. The van der Waals surface area contributed by atoms with Crippen LogP contribution in [0.2, 0.25) is 0 Å². The molecule has 2 aromatic rings. The lowest BCUT2D eigenvalue weighted by atomic mass is 9.99. The SMILES string of the molecule is Cc1ccc(CC(NC(=O)ON2CCC(N3Cc4ccccc4NC3=O)CC2)C(=O)N2CCN(C3CCN(C)CC3)CC2)cc1C. The van der Waals surface area contributed by atoms with Crippen molar-refractivity contribution in [1.82, 2.24) is 30.0 Å². The Labute approximate surface area is 272 Å². The van der Waals surface area contributed by atoms with E-state index < -0.39 is 12.1 Å². The van der Waals surface area contributed by atoms with Crippen molar-refractivity contribution in [2.45, 2.75) is 70.6 Å². The Bertz CT molecular complexity index is 1400. The number of carbonyl (C=O) groups is 3. The molecule has 4 aliphatic heterocycles. The molecule has 11 nitrogen and oxygen atoms in total. The van der Waals surface area contributed by atoms with Gasteiger partial charge in [-0.2, -0.15) is 0 Å². The largest absolute Gasteiger partial charge is 0.426 e. The predicted molar refractivity (Wildman–Crippen MR) is 177 cm³/mol. The highest BCUT2D eigenvalue weighted by atomic mass is 16.7. The Kier molecular flexibility index (Phi) is 10.1. The van der Waals surface area contributed by atoms with Gasteiger partial charge >= 0.3 is 12.1 Å². The molecular formula is C35H49N7O4. The Hall–Kier alpha value is -3.67. The summed E-state index contributed by atoms with van der Waals surface area (Å²) in [5.74, 6) is -0.0618. The molecule has 3 saturated heterocycles. The highest BCUT2D eigenvalue weighted by Gasteiger charge is 2.35. The molecule has 0 spiro atoms. The minimum absolute atomic E-state index is 0.0588. The summed E-state index contributed by atoms with van der Waals surface area (Å²) in [4.78, 5) is 54.4. The first-order valence-corrected chi connectivity index (χ1v) is 16.9. The molecule has 0 bridgehead atoms. The van der Waals surface area contributed by atoms with Crippen LogP contribution in [0.25, 0.3) is 0 Å². The smallest absolute Gasteiger partial charge is 0.351 e. The molecule has 4 aliphatic rings. The van der Waals surface area contributed by atoms with Crippen LogP contribution in [0.1, 0.15) is 47.9 Å². The second-order valence-electron chi connectivity index (χ2n) is 13.5. The number of nitrogens with one attached hydrogen (secondary N) is 2. The second kappa shape index (κ2) is 14.4. The van der Waals surface area contributed by atoms with Gasteiger partial charge in [-0.15, -0.1) is 5.06 Å². The molecule has 4 amide bonds. The first-order valence-electron chi connectivity index (χ1n) is 16.9. The second-order valence-corrected chi connectivity index (χ2v) is 13.5. The molecule has 0 aromatic heterocycles. The molecule has 4 heterocycles. The van der Waals surface area contributed by atoms with Gasteiger partial charge in [0.2, 0.25) is 5.91 Å². The molecule has 46 heavy (non-hydrogen) atoms. The van der Waals surface area contributed by atoms with E-state index in [1.54, 1.807) is 5.06 Å². The van der Waals surface area contributed by atoms with Gasteiger partial charge in [-0.05, 0) is 88.0 Å². The molecule has 1 atom stereocenters. The molecular weight excluding hydrogens is 582 g/mol. The topological polar surface area (TPSA) is 101 Å². The third kappa shape index (κ3) is 7.65. The van der Waals surface area contributed by atoms with Crippen LogP contribution >= 0.6 is 0 Å². The minimum Gasteiger partial charge on any atom is -0.351 e. The maximum Gasteiger partial charge on any atom is 0.426 e. The number of amides is 4. The van der Waals surface area contributed by atoms with Crippen molar-refractivity contribution in [2.24, 2.45) is 0 Å². The monoisotopic (exact) mass is 631 g/mol. The summed E-state index contributed by atoms with van der Waals surface area (Å²) in [7, 11) is 2.18. The maximum atomic E-state index is 13.9. The summed E-state index contributed by atoms with van der Waals surface area (Å²) in [5.41, 5.74) is 5.33. The van der Waals surface area contributed by atoms with E-state index in [1.165, 1.54) is 18.4 Å². The summed E-state index contributed by atoms with van der Waals surface area (Å²) in [6.45, 7) is 11.0. The van der Waals surface area contributed by atoms with Gasteiger partial charge in [0, 0.05) is 70.0 Å². The lowest BCUT2D eigenvalue weighted by Gasteiger charge is -2.42. The average Bonchev–Trinajstić information content (AvgIpc) is 3.06. The fraction of sp³-hybridized carbons (Fsp3) is 0.571. The lowest BCUT2D eigenvalue weighted by Crippen LogP contribution is -2.58.